The van der Waals surface area contributed by atoms with Crippen molar-refractivity contribution in [2.24, 2.45) is 0 Å². The van der Waals surface area contributed by atoms with Gasteiger partial charge in [-0.2, -0.15) is 0 Å². The maximum atomic E-state index is 12.5. The second-order valence-electron chi connectivity index (χ2n) is 6.95. The van der Waals surface area contributed by atoms with Gasteiger partial charge in [0, 0.05) is 12.5 Å². The van der Waals surface area contributed by atoms with E-state index < -0.39 is 6.10 Å². The maximum Gasteiger partial charge on any atom is 0.154 e. The van der Waals surface area contributed by atoms with Crippen molar-refractivity contribution in [1.82, 2.24) is 14.9 Å². The number of ketones is 1. The predicted molar refractivity (Wildman–Crippen MR) is 102 cm³/mol. The third kappa shape index (κ3) is 3.54. The van der Waals surface area contributed by atoms with E-state index >= 15 is 0 Å². The van der Waals surface area contributed by atoms with Crippen LogP contribution in [0, 0.1) is 0 Å². The van der Waals surface area contributed by atoms with Gasteiger partial charge < -0.3 is 15.0 Å². The summed E-state index contributed by atoms with van der Waals surface area (Å²) >= 11 is 0. The topological polar surface area (TPSA) is 67.2 Å². The summed E-state index contributed by atoms with van der Waals surface area (Å²) in [5.74, 6) is 0.106. The summed E-state index contributed by atoms with van der Waals surface area (Å²) in [5.41, 5.74) is 4.10. The highest BCUT2D eigenvalue weighted by Gasteiger charge is 2.24. The molecule has 0 bridgehead atoms. The molecule has 1 aliphatic rings. The number of carbonyl (C=O) groups excluding carboxylic acids is 1. The van der Waals surface area contributed by atoms with Crippen molar-refractivity contribution in [3.63, 3.8) is 0 Å². The van der Waals surface area contributed by atoms with Gasteiger partial charge in [0.05, 0.1) is 30.0 Å². The van der Waals surface area contributed by atoms with Gasteiger partial charge in [0.1, 0.15) is 0 Å². The third-order valence-electron chi connectivity index (χ3n) is 5.07. The first kappa shape index (κ1) is 16.9. The van der Waals surface area contributed by atoms with Gasteiger partial charge in [-0.25, -0.2) is 4.98 Å². The molecule has 0 spiro atoms. The summed E-state index contributed by atoms with van der Waals surface area (Å²) in [4.78, 5) is 16.9. The monoisotopic (exact) mass is 349 g/mol. The van der Waals surface area contributed by atoms with E-state index in [2.05, 4.69) is 34.6 Å². The minimum atomic E-state index is -0.430. The molecule has 0 aliphatic carbocycles. The van der Waals surface area contributed by atoms with Crippen LogP contribution in [0.5, 0.6) is 0 Å². The van der Waals surface area contributed by atoms with Crippen molar-refractivity contribution >= 4 is 16.8 Å². The summed E-state index contributed by atoms with van der Waals surface area (Å²) in [5, 5.41) is 13.3. The fourth-order valence-electron chi connectivity index (χ4n) is 3.64. The van der Waals surface area contributed by atoms with E-state index in [1.54, 1.807) is 6.33 Å². The predicted octanol–water partition coefficient (Wildman–Crippen LogP) is 2.78. The van der Waals surface area contributed by atoms with Crippen LogP contribution in [0.1, 0.15) is 19.3 Å². The van der Waals surface area contributed by atoms with Crippen LogP contribution in [0.4, 0.5) is 0 Å². The van der Waals surface area contributed by atoms with E-state index in [4.69, 9.17) is 0 Å². The number of Topliss-reactive ketones (excluding diaryl/α,β-unsaturated/α-hetero) is 1. The molecule has 2 atom stereocenters. The fourth-order valence-corrected chi connectivity index (χ4v) is 3.64. The molecule has 5 nitrogen and oxygen atoms in total. The first-order chi connectivity index (χ1) is 12.7. The average Bonchev–Trinajstić information content (AvgIpc) is 3.06. The van der Waals surface area contributed by atoms with Crippen LogP contribution in [-0.2, 0) is 11.3 Å². The van der Waals surface area contributed by atoms with Crippen molar-refractivity contribution in [1.29, 1.82) is 0 Å². The number of rotatable bonds is 5. The molecule has 26 heavy (non-hydrogen) atoms. The van der Waals surface area contributed by atoms with Crippen LogP contribution in [0.3, 0.4) is 0 Å². The highest BCUT2D eigenvalue weighted by Crippen LogP contribution is 2.24. The molecule has 2 heterocycles. The van der Waals surface area contributed by atoms with E-state index in [1.165, 1.54) is 0 Å². The number of imidazole rings is 1. The number of hydrogen-bond acceptors (Lipinski definition) is 4. The van der Waals surface area contributed by atoms with Crippen LogP contribution < -0.4 is 5.32 Å². The average molecular weight is 349 g/mol. The lowest BCUT2D eigenvalue weighted by molar-refractivity contribution is -0.121. The second-order valence-corrected chi connectivity index (χ2v) is 6.95. The van der Waals surface area contributed by atoms with Crippen molar-refractivity contribution in [3.8, 4) is 11.1 Å². The Balaban J connectivity index is 1.49. The number of carbonyl (C=O) groups is 1. The molecule has 5 heteroatoms. The molecule has 1 fully saturated rings. The zero-order chi connectivity index (χ0) is 17.9. The number of nitrogens with zero attached hydrogens (tertiary/aromatic N) is 2. The molecule has 0 unspecified atom stereocenters. The van der Waals surface area contributed by atoms with Crippen molar-refractivity contribution < 1.29 is 9.90 Å². The largest absolute Gasteiger partial charge is 0.391 e. The van der Waals surface area contributed by atoms with Gasteiger partial charge in [-0.05, 0) is 42.6 Å². The van der Waals surface area contributed by atoms with Gasteiger partial charge in [0.25, 0.3) is 0 Å². The second kappa shape index (κ2) is 7.40. The first-order valence-corrected chi connectivity index (χ1v) is 9.14. The van der Waals surface area contributed by atoms with Crippen molar-refractivity contribution in [3.05, 3.63) is 54.9 Å². The van der Waals surface area contributed by atoms with Gasteiger partial charge in [0.2, 0.25) is 0 Å². The number of piperidine rings is 1. The standard InChI is InChI=1S/C21H23N3O2/c25-17(12-19-21(26)7-4-10-22-19)13-24-14-23-18-11-16(8-9-20(18)24)15-5-2-1-3-6-15/h1-3,5-6,8-9,11,14,19,21-22,26H,4,7,10,12-13H2/t19-,21+/m1/s1. The molecule has 2 aromatic carbocycles. The number of hydrogen-bond donors (Lipinski definition) is 2. The number of aliphatic hydroxyl groups excluding tert-OH is 1. The van der Waals surface area contributed by atoms with Gasteiger partial charge >= 0.3 is 0 Å². The Hall–Kier alpha value is -2.50. The lowest BCUT2D eigenvalue weighted by Gasteiger charge is -2.28. The normalized spacial score (nSPS) is 20.3. The zero-order valence-corrected chi connectivity index (χ0v) is 14.6. The van der Waals surface area contributed by atoms with E-state index in [0.29, 0.717) is 6.42 Å². The molecule has 0 radical (unpaired) electrons. The fraction of sp³-hybridized carbons (Fsp3) is 0.333. The molecule has 0 amide bonds. The van der Waals surface area contributed by atoms with Gasteiger partial charge in [-0.3, -0.25) is 4.79 Å². The Morgan fingerprint density at radius 1 is 1.19 bits per heavy atom. The molecular formula is C21H23N3O2. The van der Waals surface area contributed by atoms with Crippen LogP contribution in [-0.4, -0.2) is 39.1 Å². The number of aliphatic hydroxyl groups is 1. The Morgan fingerprint density at radius 3 is 2.85 bits per heavy atom. The van der Waals surface area contributed by atoms with E-state index in [9.17, 15) is 9.90 Å². The zero-order valence-electron chi connectivity index (χ0n) is 14.6. The molecule has 2 N–H and O–H groups in total. The molecule has 1 aromatic heterocycles. The van der Waals surface area contributed by atoms with Crippen molar-refractivity contribution in [2.45, 2.75) is 38.0 Å². The molecular weight excluding hydrogens is 326 g/mol. The summed E-state index contributed by atoms with van der Waals surface area (Å²) in [7, 11) is 0. The first-order valence-electron chi connectivity index (χ1n) is 9.14. The van der Waals surface area contributed by atoms with Crippen LogP contribution in [0.25, 0.3) is 22.2 Å². The highest BCUT2D eigenvalue weighted by molar-refractivity contribution is 5.85. The minimum absolute atomic E-state index is 0.106. The van der Waals surface area contributed by atoms with E-state index in [1.807, 2.05) is 28.8 Å². The van der Waals surface area contributed by atoms with Crippen molar-refractivity contribution in [2.75, 3.05) is 6.54 Å². The smallest absolute Gasteiger partial charge is 0.154 e. The Kier molecular flexibility index (Phi) is 4.82. The lowest BCUT2D eigenvalue weighted by atomic mass is 9.97. The Bertz CT molecular complexity index is 904. The maximum absolute atomic E-state index is 12.5. The molecule has 134 valence electrons. The quantitative estimate of drug-likeness (QED) is 0.743. The molecule has 1 saturated heterocycles. The molecule has 3 aromatic rings. The van der Waals surface area contributed by atoms with Gasteiger partial charge in [-0.15, -0.1) is 0 Å². The van der Waals surface area contributed by atoms with Crippen LogP contribution >= 0.6 is 0 Å². The highest BCUT2D eigenvalue weighted by atomic mass is 16.3. The van der Waals surface area contributed by atoms with Crippen LogP contribution in [0.15, 0.2) is 54.9 Å². The van der Waals surface area contributed by atoms with E-state index in [-0.39, 0.29) is 18.4 Å². The number of benzene rings is 2. The summed E-state index contributed by atoms with van der Waals surface area (Å²) in [6, 6.07) is 16.2. The number of fused-ring (bicyclic) bond motifs is 1. The number of aromatic nitrogens is 2. The lowest BCUT2D eigenvalue weighted by Crippen LogP contribution is -2.46. The van der Waals surface area contributed by atoms with Gasteiger partial charge in [0.15, 0.2) is 5.78 Å². The third-order valence-corrected chi connectivity index (χ3v) is 5.07. The summed E-state index contributed by atoms with van der Waals surface area (Å²) in [6.07, 6.45) is 3.37. The molecule has 4 rings (SSSR count). The van der Waals surface area contributed by atoms with Crippen LogP contribution in [0.2, 0.25) is 0 Å². The van der Waals surface area contributed by atoms with Gasteiger partial charge in [-0.1, -0.05) is 36.4 Å². The Labute approximate surface area is 152 Å². The number of nitrogens with one attached hydrogen (secondary N) is 1. The molecule has 1 aliphatic heterocycles. The summed E-state index contributed by atoms with van der Waals surface area (Å²) in [6.45, 7) is 1.15. The minimum Gasteiger partial charge on any atom is -0.391 e. The SMILES string of the molecule is O=C(C[C@H]1NCCC[C@@H]1O)Cn1cnc2cc(-c3ccccc3)ccc21. The Morgan fingerprint density at radius 2 is 2.04 bits per heavy atom. The molecule has 0 saturated carbocycles. The van der Waals surface area contributed by atoms with E-state index in [0.717, 1.165) is 41.5 Å². The summed E-state index contributed by atoms with van der Waals surface area (Å²) < 4.78 is 1.89.